The van der Waals surface area contributed by atoms with E-state index < -0.39 is 46.7 Å². The molecule has 1 aromatic heterocycles. The molecule has 1 aliphatic rings. The molecule has 0 radical (unpaired) electrons. The molecule has 0 fully saturated rings. The van der Waals surface area contributed by atoms with Gasteiger partial charge in [-0.05, 0) is 60.2 Å². The van der Waals surface area contributed by atoms with Crippen LogP contribution in [0.15, 0.2) is 41.9 Å². The molecular weight excluding hydrogens is 499 g/mol. The average Bonchev–Trinajstić information content (AvgIpc) is 3.25. The van der Waals surface area contributed by atoms with Gasteiger partial charge in [-0.15, -0.1) is 10.2 Å². The fourth-order valence-corrected chi connectivity index (χ4v) is 4.32. The smallest absolute Gasteiger partial charge is 0.300 e. The Labute approximate surface area is 198 Å². The predicted molar refractivity (Wildman–Crippen MR) is 113 cm³/mol. The molecule has 1 unspecified atom stereocenters. The lowest BCUT2D eigenvalue weighted by molar-refractivity contribution is -0.143. The maximum atomic E-state index is 13.9. The number of amides is 1. The zero-order valence-electron chi connectivity index (χ0n) is 17.5. The Hall–Kier alpha value is -3.46. The molecule has 182 valence electrons. The van der Waals surface area contributed by atoms with Crippen LogP contribution < -0.4 is 4.90 Å². The molecule has 4 rings (SSSR count). The van der Waals surface area contributed by atoms with Gasteiger partial charge in [0.2, 0.25) is 5.91 Å². The van der Waals surface area contributed by atoms with Crippen molar-refractivity contribution in [2.45, 2.75) is 31.1 Å². The highest BCUT2D eigenvalue weighted by Gasteiger charge is 2.42. The van der Waals surface area contributed by atoms with Crippen molar-refractivity contribution >= 4 is 22.9 Å². The number of hydrogen-bond donors (Lipinski definition) is 0. The number of nitrogens with zero attached hydrogens (tertiary/aromatic N) is 3. The molecule has 1 amide bonds. The van der Waals surface area contributed by atoms with Crippen molar-refractivity contribution in [1.82, 2.24) is 10.2 Å². The minimum Gasteiger partial charge on any atom is -0.300 e. The van der Waals surface area contributed by atoms with Crippen LogP contribution in [0.5, 0.6) is 0 Å². The van der Waals surface area contributed by atoms with Gasteiger partial charge in [-0.3, -0.25) is 9.69 Å². The minimum absolute atomic E-state index is 0.0138. The van der Waals surface area contributed by atoms with E-state index in [2.05, 4.69) is 22.0 Å². The Balaban J connectivity index is 1.79. The summed E-state index contributed by atoms with van der Waals surface area (Å²) in [5.41, 5.74) is -1.50. The van der Waals surface area contributed by atoms with E-state index in [1.165, 1.54) is 17.6 Å². The van der Waals surface area contributed by atoms with E-state index in [4.69, 9.17) is 0 Å². The van der Waals surface area contributed by atoms with E-state index in [-0.39, 0.29) is 31.1 Å². The second kappa shape index (κ2) is 9.30. The third-order valence-electron chi connectivity index (χ3n) is 5.45. The topological polar surface area (TPSA) is 46.1 Å². The number of alkyl halides is 6. The molecule has 12 heteroatoms. The molecular formula is C23H14F7N3OS. The van der Waals surface area contributed by atoms with Crippen LogP contribution in [0.1, 0.15) is 39.6 Å². The zero-order chi connectivity index (χ0) is 25.4. The summed E-state index contributed by atoms with van der Waals surface area (Å²) in [5, 5.41) is 7.73. The van der Waals surface area contributed by atoms with Crippen LogP contribution in [-0.4, -0.2) is 22.6 Å². The summed E-state index contributed by atoms with van der Waals surface area (Å²) in [7, 11) is 0. The standard InChI is InChI=1S/C23H14F7N3OS/c24-15-5-8-19-13(10-15)3-6-17(21(34)33(19)9-1-2-20-32-31-12-35-20)16-7-4-14(22(25,26)27)11-18(16)23(28,29)30/h4-5,7-8,10-12,17H,3,6,9H2. The number of carbonyl (C=O) groups is 1. The van der Waals surface area contributed by atoms with Gasteiger partial charge < -0.3 is 0 Å². The van der Waals surface area contributed by atoms with Crippen molar-refractivity contribution in [2.75, 3.05) is 11.4 Å². The Morgan fingerprint density at radius 3 is 2.49 bits per heavy atom. The van der Waals surface area contributed by atoms with Crippen molar-refractivity contribution in [3.8, 4) is 11.8 Å². The van der Waals surface area contributed by atoms with E-state index in [1.54, 1.807) is 0 Å². The molecule has 4 nitrogen and oxygen atoms in total. The Kier molecular flexibility index (Phi) is 6.55. The Morgan fingerprint density at radius 2 is 1.83 bits per heavy atom. The van der Waals surface area contributed by atoms with Crippen LogP contribution in [-0.2, 0) is 23.6 Å². The predicted octanol–water partition coefficient (Wildman–Crippen LogP) is 5.83. The highest BCUT2D eigenvalue weighted by Crippen LogP contribution is 2.42. The molecule has 0 N–H and O–H groups in total. The number of carbonyl (C=O) groups excluding carboxylic acids is 1. The summed E-state index contributed by atoms with van der Waals surface area (Å²) in [6, 6.07) is 4.84. The maximum absolute atomic E-state index is 13.9. The lowest BCUT2D eigenvalue weighted by Gasteiger charge is -2.26. The van der Waals surface area contributed by atoms with Crippen molar-refractivity contribution < 1.29 is 35.5 Å². The number of aryl methyl sites for hydroxylation is 1. The fraction of sp³-hybridized carbons (Fsp3) is 0.261. The Bertz CT molecular complexity index is 1310. The van der Waals surface area contributed by atoms with Crippen molar-refractivity contribution in [3.05, 3.63) is 75.0 Å². The second-order valence-electron chi connectivity index (χ2n) is 7.63. The first kappa shape index (κ1) is 24.7. The molecule has 1 aliphatic heterocycles. The van der Waals surface area contributed by atoms with Crippen molar-refractivity contribution in [3.63, 3.8) is 0 Å². The molecule has 0 saturated heterocycles. The summed E-state index contributed by atoms with van der Waals surface area (Å²) in [6.07, 6.45) is -10.3. The van der Waals surface area contributed by atoms with Gasteiger partial charge in [0, 0.05) is 5.69 Å². The number of benzene rings is 2. The molecule has 0 bridgehead atoms. The largest absolute Gasteiger partial charge is 0.416 e. The summed E-state index contributed by atoms with van der Waals surface area (Å²) in [5.74, 6) is 2.60. The first-order valence-corrected chi connectivity index (χ1v) is 11.0. The maximum Gasteiger partial charge on any atom is 0.416 e. The van der Waals surface area contributed by atoms with Gasteiger partial charge in [0.05, 0.1) is 23.6 Å². The molecule has 2 aromatic carbocycles. The fourth-order valence-electron chi connectivity index (χ4n) is 3.90. The van der Waals surface area contributed by atoms with Gasteiger partial charge in [-0.1, -0.05) is 23.3 Å². The highest BCUT2D eigenvalue weighted by atomic mass is 32.1. The number of halogens is 7. The molecule has 0 spiro atoms. The quantitative estimate of drug-likeness (QED) is 0.320. The van der Waals surface area contributed by atoms with Crippen molar-refractivity contribution in [1.29, 1.82) is 0 Å². The van der Waals surface area contributed by atoms with E-state index in [0.717, 1.165) is 22.3 Å². The van der Waals surface area contributed by atoms with Gasteiger partial charge >= 0.3 is 12.4 Å². The van der Waals surface area contributed by atoms with E-state index >= 15 is 0 Å². The zero-order valence-corrected chi connectivity index (χ0v) is 18.4. The third kappa shape index (κ3) is 5.30. The van der Waals surface area contributed by atoms with Crippen LogP contribution in [0.2, 0.25) is 0 Å². The van der Waals surface area contributed by atoms with Gasteiger partial charge in [-0.25, -0.2) is 4.39 Å². The summed E-state index contributed by atoms with van der Waals surface area (Å²) in [6.45, 7) is -0.254. The van der Waals surface area contributed by atoms with Crippen LogP contribution in [0.4, 0.5) is 36.4 Å². The first-order valence-electron chi connectivity index (χ1n) is 10.1. The minimum atomic E-state index is -5.13. The third-order valence-corrected chi connectivity index (χ3v) is 6.06. The molecule has 35 heavy (non-hydrogen) atoms. The molecule has 0 aliphatic carbocycles. The van der Waals surface area contributed by atoms with Gasteiger partial charge in [0.1, 0.15) is 11.3 Å². The lowest BCUT2D eigenvalue weighted by atomic mass is 9.88. The SMILES string of the molecule is O=C1C(c2ccc(C(F)(F)F)cc2C(F)(F)F)CCc2cc(F)ccc2N1CC#Cc1nncs1. The average molecular weight is 513 g/mol. The van der Waals surface area contributed by atoms with Crippen LogP contribution in [0.3, 0.4) is 0 Å². The van der Waals surface area contributed by atoms with Crippen molar-refractivity contribution in [2.24, 2.45) is 0 Å². The molecule has 3 aromatic rings. The lowest BCUT2D eigenvalue weighted by Crippen LogP contribution is -2.35. The van der Waals surface area contributed by atoms with Gasteiger partial charge in [-0.2, -0.15) is 26.3 Å². The van der Waals surface area contributed by atoms with Crippen LogP contribution in [0, 0.1) is 17.7 Å². The second-order valence-corrected chi connectivity index (χ2v) is 8.47. The monoisotopic (exact) mass is 513 g/mol. The van der Waals surface area contributed by atoms with Crippen LogP contribution >= 0.6 is 11.3 Å². The normalized spacial score (nSPS) is 16.4. The highest BCUT2D eigenvalue weighted by molar-refractivity contribution is 7.09. The number of hydrogen-bond acceptors (Lipinski definition) is 4. The number of anilines is 1. The summed E-state index contributed by atoms with van der Waals surface area (Å²) >= 11 is 1.14. The van der Waals surface area contributed by atoms with Gasteiger partial charge in [0.25, 0.3) is 0 Å². The Morgan fingerprint density at radius 1 is 1.06 bits per heavy atom. The van der Waals surface area contributed by atoms with E-state index in [0.29, 0.717) is 22.7 Å². The number of fused-ring (bicyclic) bond motifs is 1. The van der Waals surface area contributed by atoms with Crippen LogP contribution in [0.25, 0.3) is 0 Å². The van der Waals surface area contributed by atoms with E-state index in [9.17, 15) is 35.5 Å². The summed E-state index contributed by atoms with van der Waals surface area (Å²) in [4.78, 5) is 14.6. The first-order chi connectivity index (χ1) is 16.4. The summed E-state index contributed by atoms with van der Waals surface area (Å²) < 4.78 is 94.6. The van der Waals surface area contributed by atoms with E-state index in [1.807, 2.05) is 0 Å². The molecule has 2 heterocycles. The molecule has 0 saturated carbocycles. The number of aromatic nitrogens is 2. The molecule has 1 atom stereocenters. The number of rotatable bonds is 2. The van der Waals surface area contributed by atoms with Gasteiger partial charge in [0.15, 0.2) is 5.01 Å².